The van der Waals surface area contributed by atoms with Gasteiger partial charge in [0.1, 0.15) is 0 Å². The zero-order valence-corrected chi connectivity index (χ0v) is 15.2. The Labute approximate surface area is 148 Å². The van der Waals surface area contributed by atoms with E-state index in [0.29, 0.717) is 17.7 Å². The van der Waals surface area contributed by atoms with Crippen LogP contribution >= 0.6 is 15.9 Å². The van der Waals surface area contributed by atoms with Gasteiger partial charge < -0.3 is 9.88 Å². The van der Waals surface area contributed by atoms with E-state index in [1.54, 1.807) is 36.5 Å². The van der Waals surface area contributed by atoms with Crippen LogP contribution in [0.25, 0.3) is 0 Å². The lowest BCUT2D eigenvalue weighted by atomic mass is 10.1. The highest BCUT2D eigenvalue weighted by molar-refractivity contribution is 9.10. The zero-order chi connectivity index (χ0) is 17.7. The minimum Gasteiger partial charge on any atom is -0.326 e. The lowest BCUT2D eigenvalue weighted by Gasteiger charge is -2.08. The van der Waals surface area contributed by atoms with E-state index in [-0.39, 0.29) is 29.7 Å². The van der Waals surface area contributed by atoms with Crippen molar-refractivity contribution in [2.75, 3.05) is 5.32 Å². The van der Waals surface area contributed by atoms with Crippen molar-refractivity contribution < 1.29 is 9.59 Å². The van der Waals surface area contributed by atoms with Crippen molar-refractivity contribution in [3.63, 3.8) is 0 Å². The molecular weight excluding hydrogens is 372 g/mol. The van der Waals surface area contributed by atoms with Gasteiger partial charge in [0.15, 0.2) is 5.78 Å². The summed E-state index contributed by atoms with van der Waals surface area (Å²) in [5.74, 6) is 0.0642. The number of aromatic nitrogens is 1. The number of carbonyl (C=O) groups is 2. The van der Waals surface area contributed by atoms with Crippen molar-refractivity contribution in [2.24, 2.45) is 5.92 Å². The smallest absolute Gasteiger partial charge is 0.251 e. The number of halogens is 1. The molecule has 1 N–H and O–H groups in total. The second kappa shape index (κ2) is 8.06. The van der Waals surface area contributed by atoms with Crippen LogP contribution in [0.3, 0.4) is 0 Å². The molecule has 1 aromatic carbocycles. The number of nitrogens with zero attached hydrogens (tertiary/aromatic N) is 1. The topological polar surface area (TPSA) is 68.2 Å². The third kappa shape index (κ3) is 5.16. The average Bonchev–Trinajstić information content (AvgIpc) is 2.50. The van der Waals surface area contributed by atoms with Crippen LogP contribution in [0.5, 0.6) is 0 Å². The largest absolute Gasteiger partial charge is 0.326 e. The Hall–Kier alpha value is -2.21. The standard InChI is InChI=1S/C18H19BrN2O3/c1-12(2)9-17(23)20-15-6-3-13(4-7-15)16(22)11-21-10-14(19)5-8-18(21)24/h3-8,10,12H,9,11H2,1-2H3,(H,20,23). The van der Waals surface area contributed by atoms with Gasteiger partial charge in [-0.1, -0.05) is 13.8 Å². The summed E-state index contributed by atoms with van der Waals surface area (Å²) in [5, 5.41) is 2.79. The predicted octanol–water partition coefficient (Wildman–Crippen LogP) is 3.48. The molecule has 0 aliphatic rings. The summed E-state index contributed by atoms with van der Waals surface area (Å²) in [7, 11) is 0. The Kier molecular flexibility index (Phi) is 6.09. The number of amides is 1. The Balaban J connectivity index is 2.04. The molecule has 2 rings (SSSR count). The number of nitrogens with one attached hydrogen (secondary N) is 1. The number of pyridine rings is 1. The molecule has 24 heavy (non-hydrogen) atoms. The first-order valence-corrected chi connectivity index (χ1v) is 8.43. The first-order chi connectivity index (χ1) is 11.3. The van der Waals surface area contributed by atoms with Crippen LogP contribution in [0.15, 0.2) is 51.9 Å². The molecule has 0 unspecified atom stereocenters. The highest BCUT2D eigenvalue weighted by Crippen LogP contribution is 2.13. The fraction of sp³-hybridized carbons (Fsp3) is 0.278. The van der Waals surface area contributed by atoms with Gasteiger partial charge in [-0.05, 0) is 52.2 Å². The van der Waals surface area contributed by atoms with Crippen LogP contribution in [0.1, 0.15) is 30.6 Å². The molecule has 0 radical (unpaired) electrons. The number of ketones is 1. The molecule has 0 saturated heterocycles. The molecule has 0 aliphatic carbocycles. The Morgan fingerprint density at radius 2 is 1.79 bits per heavy atom. The minimum absolute atomic E-state index is 0.0304. The van der Waals surface area contributed by atoms with E-state index in [2.05, 4.69) is 21.2 Å². The summed E-state index contributed by atoms with van der Waals surface area (Å²) >= 11 is 3.28. The predicted molar refractivity (Wildman–Crippen MR) is 97.3 cm³/mol. The highest BCUT2D eigenvalue weighted by Gasteiger charge is 2.09. The molecule has 1 amide bonds. The van der Waals surface area contributed by atoms with Crippen LogP contribution < -0.4 is 10.9 Å². The van der Waals surface area contributed by atoms with E-state index in [9.17, 15) is 14.4 Å². The molecule has 6 heteroatoms. The molecule has 0 spiro atoms. The van der Waals surface area contributed by atoms with Crippen LogP contribution in [-0.2, 0) is 11.3 Å². The number of carbonyl (C=O) groups excluding carboxylic acids is 2. The molecular formula is C18H19BrN2O3. The van der Waals surface area contributed by atoms with Gasteiger partial charge in [-0.2, -0.15) is 0 Å². The van der Waals surface area contributed by atoms with E-state index < -0.39 is 0 Å². The summed E-state index contributed by atoms with van der Waals surface area (Å²) in [6.07, 6.45) is 2.03. The minimum atomic E-state index is -0.232. The second-order valence-corrected chi connectivity index (χ2v) is 6.88. The quantitative estimate of drug-likeness (QED) is 0.767. The van der Waals surface area contributed by atoms with Crippen molar-refractivity contribution in [1.29, 1.82) is 0 Å². The third-order valence-electron chi connectivity index (χ3n) is 3.35. The summed E-state index contributed by atoms with van der Waals surface area (Å²) < 4.78 is 2.09. The van der Waals surface area contributed by atoms with Crippen molar-refractivity contribution in [3.8, 4) is 0 Å². The van der Waals surface area contributed by atoms with Gasteiger partial charge in [0, 0.05) is 34.4 Å². The molecule has 5 nitrogen and oxygen atoms in total. The lowest BCUT2D eigenvalue weighted by Crippen LogP contribution is -2.23. The number of benzene rings is 1. The summed E-state index contributed by atoms with van der Waals surface area (Å²) in [6.45, 7) is 3.92. The normalized spacial score (nSPS) is 10.7. The van der Waals surface area contributed by atoms with Gasteiger partial charge in [-0.3, -0.25) is 14.4 Å². The number of Topliss-reactive ketones (excluding diaryl/α,β-unsaturated/α-hetero) is 1. The van der Waals surface area contributed by atoms with Crippen molar-refractivity contribution >= 4 is 33.3 Å². The third-order valence-corrected chi connectivity index (χ3v) is 3.81. The van der Waals surface area contributed by atoms with Crippen molar-refractivity contribution in [3.05, 3.63) is 63.0 Å². The molecule has 0 bridgehead atoms. The summed E-state index contributed by atoms with van der Waals surface area (Å²) in [4.78, 5) is 35.8. The number of hydrogen-bond donors (Lipinski definition) is 1. The van der Waals surface area contributed by atoms with E-state index in [0.717, 1.165) is 4.47 Å². The zero-order valence-electron chi connectivity index (χ0n) is 13.6. The molecule has 126 valence electrons. The maximum Gasteiger partial charge on any atom is 0.251 e. The van der Waals surface area contributed by atoms with Gasteiger partial charge in [0.25, 0.3) is 5.56 Å². The Morgan fingerprint density at radius 1 is 1.12 bits per heavy atom. The number of hydrogen-bond acceptors (Lipinski definition) is 3. The van der Waals surface area contributed by atoms with Gasteiger partial charge >= 0.3 is 0 Å². The average molecular weight is 391 g/mol. The van der Waals surface area contributed by atoms with E-state index in [1.165, 1.54) is 10.6 Å². The maximum atomic E-state index is 12.3. The molecule has 2 aromatic rings. The van der Waals surface area contributed by atoms with E-state index >= 15 is 0 Å². The fourth-order valence-corrected chi connectivity index (χ4v) is 2.57. The maximum absolute atomic E-state index is 12.3. The molecule has 0 aliphatic heterocycles. The van der Waals surface area contributed by atoms with Crippen molar-refractivity contribution in [1.82, 2.24) is 4.57 Å². The second-order valence-electron chi connectivity index (χ2n) is 5.96. The van der Waals surface area contributed by atoms with Gasteiger partial charge in [0.2, 0.25) is 5.91 Å². The first kappa shape index (κ1) is 18.1. The number of anilines is 1. The van der Waals surface area contributed by atoms with Crippen molar-refractivity contribution in [2.45, 2.75) is 26.8 Å². The molecule has 0 fully saturated rings. The summed E-state index contributed by atoms with van der Waals surface area (Å²) in [6, 6.07) is 9.72. The SMILES string of the molecule is CC(C)CC(=O)Nc1ccc(C(=O)Cn2cc(Br)ccc2=O)cc1. The lowest BCUT2D eigenvalue weighted by molar-refractivity contribution is -0.116. The van der Waals surface area contributed by atoms with E-state index in [4.69, 9.17) is 0 Å². The first-order valence-electron chi connectivity index (χ1n) is 7.64. The highest BCUT2D eigenvalue weighted by atomic mass is 79.9. The van der Waals surface area contributed by atoms with Crippen LogP contribution in [0.2, 0.25) is 0 Å². The van der Waals surface area contributed by atoms with E-state index in [1.807, 2.05) is 13.8 Å². The van der Waals surface area contributed by atoms with Gasteiger partial charge in [-0.25, -0.2) is 0 Å². The fourth-order valence-electron chi connectivity index (χ4n) is 2.19. The Bertz CT molecular complexity index is 795. The molecule has 1 heterocycles. The number of rotatable bonds is 6. The molecule has 1 aromatic heterocycles. The van der Waals surface area contributed by atoms with Crippen LogP contribution in [0, 0.1) is 5.92 Å². The summed E-state index contributed by atoms with van der Waals surface area (Å²) in [5.41, 5.74) is 0.907. The van der Waals surface area contributed by atoms with Gasteiger partial charge in [-0.15, -0.1) is 0 Å². The Morgan fingerprint density at radius 3 is 2.42 bits per heavy atom. The van der Waals surface area contributed by atoms with Crippen LogP contribution in [0.4, 0.5) is 5.69 Å². The van der Waals surface area contributed by atoms with Crippen LogP contribution in [-0.4, -0.2) is 16.3 Å². The van der Waals surface area contributed by atoms with Gasteiger partial charge in [0.05, 0.1) is 6.54 Å². The molecule has 0 atom stereocenters. The monoisotopic (exact) mass is 390 g/mol. The molecule has 0 saturated carbocycles.